The number of rotatable bonds is 5. The molecule has 0 bridgehead atoms. The minimum atomic E-state index is -1.39. The molecule has 0 N–H and O–H groups in total. The van der Waals surface area contributed by atoms with Crippen LogP contribution in [0.25, 0.3) is 42.7 Å². The molecule has 217 valence electrons. The minimum Gasteiger partial charge on any atom is -0.304 e. The Morgan fingerprint density at radius 3 is 1.83 bits per heavy atom. The van der Waals surface area contributed by atoms with Crippen molar-refractivity contribution in [2.24, 2.45) is 0 Å². The molecule has 42 heavy (non-hydrogen) atoms. The summed E-state index contributed by atoms with van der Waals surface area (Å²) < 4.78 is 2.75. The molecule has 6 aromatic rings. The Kier molecular flexibility index (Phi) is 10.3. The molecule has 2 nitrogen and oxygen atoms in total. The van der Waals surface area contributed by atoms with Gasteiger partial charge in [0, 0.05) is 37.2 Å². The summed E-state index contributed by atoms with van der Waals surface area (Å²) in [4.78, 5) is 9.18. The Hall–Kier alpha value is -2.95. The van der Waals surface area contributed by atoms with Crippen LogP contribution in [0.15, 0.2) is 91.3 Å². The third-order valence-corrected chi connectivity index (χ3v) is 10.9. The molecule has 3 heterocycles. The van der Waals surface area contributed by atoms with Gasteiger partial charge in [0.05, 0.1) is 8.07 Å². The van der Waals surface area contributed by atoms with Crippen molar-refractivity contribution in [1.29, 1.82) is 0 Å². The number of thiophene rings is 1. The molecule has 0 amide bonds. The Labute approximate surface area is 269 Å². The zero-order valence-electron chi connectivity index (χ0n) is 25.5. The predicted molar refractivity (Wildman–Crippen MR) is 181 cm³/mol. The first-order chi connectivity index (χ1) is 19.6. The van der Waals surface area contributed by atoms with Gasteiger partial charge in [0.25, 0.3) is 0 Å². The molecule has 5 heteroatoms. The molecule has 0 aliphatic heterocycles. The fourth-order valence-corrected chi connectivity index (χ4v) is 8.61. The maximum absolute atomic E-state index is 4.75. The summed E-state index contributed by atoms with van der Waals surface area (Å²) >= 11 is 1.91. The van der Waals surface area contributed by atoms with Gasteiger partial charge in [0.15, 0.2) is 0 Å². The van der Waals surface area contributed by atoms with Crippen molar-refractivity contribution in [3.63, 3.8) is 0 Å². The third-order valence-electron chi connectivity index (χ3n) is 7.41. The second kappa shape index (κ2) is 13.6. The zero-order valence-corrected chi connectivity index (χ0v) is 29.7. The maximum atomic E-state index is 4.75. The zero-order chi connectivity index (χ0) is 29.1. The predicted octanol–water partition coefficient (Wildman–Crippen LogP) is 10.3. The van der Waals surface area contributed by atoms with Gasteiger partial charge in [-0.3, -0.25) is 0 Å². The van der Waals surface area contributed by atoms with Crippen LogP contribution in [0.5, 0.6) is 0 Å². The van der Waals surface area contributed by atoms with Gasteiger partial charge in [-0.05, 0) is 49.6 Å². The monoisotopic (exact) mass is 763 g/mol. The van der Waals surface area contributed by atoms with Crippen molar-refractivity contribution in [2.45, 2.75) is 59.2 Å². The Bertz CT molecular complexity index is 1750. The van der Waals surface area contributed by atoms with E-state index in [0.717, 1.165) is 22.5 Å². The molecule has 0 saturated carbocycles. The quantitative estimate of drug-likeness (QED) is 0.129. The van der Waals surface area contributed by atoms with E-state index in [1.807, 2.05) is 54.1 Å². The molecule has 3 aromatic carbocycles. The molecule has 0 atom stereocenters. The van der Waals surface area contributed by atoms with Crippen molar-refractivity contribution < 1.29 is 20.1 Å². The van der Waals surface area contributed by atoms with Crippen LogP contribution in [0.3, 0.4) is 0 Å². The van der Waals surface area contributed by atoms with Gasteiger partial charge in [-0.25, -0.2) is 0 Å². The van der Waals surface area contributed by atoms with Crippen molar-refractivity contribution in [3.8, 4) is 22.5 Å². The van der Waals surface area contributed by atoms with E-state index < -0.39 is 8.07 Å². The SMILES string of the molecule is CC(C)c1ccc(-c2[c-]ccc3c2sc2c([Si](C)(C)C)cccc23)nc1.CC(C)c1ccc(-c2[c-]cccc2)nc1.[Ir]. The molecular weight excluding hydrogens is 725 g/mol. The first-order valence-electron chi connectivity index (χ1n) is 14.4. The standard InChI is InChI=1S/C23H24NSSi.C14H14N.Ir/c1-15(2)16-12-13-20(24-14-16)19-10-6-8-17-18-9-7-11-21(26(3,4)5)23(18)25-22(17)19;1-11(2)13-8-9-14(15-10-13)12-6-4-3-5-7-12;/h6-9,11-15H,1-5H3;3-6,8-11H,1-2H3;/q2*-1;. The average molecular weight is 763 g/mol. The van der Waals surface area contributed by atoms with Gasteiger partial charge in [-0.15, -0.1) is 59.7 Å². The summed E-state index contributed by atoms with van der Waals surface area (Å²) in [5.74, 6) is 1.03. The van der Waals surface area contributed by atoms with Gasteiger partial charge in [0.1, 0.15) is 0 Å². The van der Waals surface area contributed by atoms with Crippen molar-refractivity contribution in [1.82, 2.24) is 9.97 Å². The summed E-state index contributed by atoms with van der Waals surface area (Å²) in [6, 6.07) is 34.1. The second-order valence-electron chi connectivity index (χ2n) is 12.2. The van der Waals surface area contributed by atoms with Crippen molar-refractivity contribution in [3.05, 3.63) is 115 Å². The first-order valence-corrected chi connectivity index (χ1v) is 18.7. The number of benzene rings is 3. The van der Waals surface area contributed by atoms with Crippen LogP contribution in [0.1, 0.15) is 50.7 Å². The van der Waals surface area contributed by atoms with Crippen molar-refractivity contribution in [2.75, 3.05) is 0 Å². The molecular formula is C37H38IrN2SSi-2. The van der Waals surface area contributed by atoms with Gasteiger partial charge < -0.3 is 9.97 Å². The Balaban J connectivity index is 0.000000216. The molecule has 0 saturated heterocycles. The number of hydrogen-bond donors (Lipinski definition) is 0. The molecule has 0 unspecified atom stereocenters. The number of nitrogens with zero attached hydrogens (tertiary/aromatic N) is 2. The molecule has 6 rings (SSSR count). The Morgan fingerprint density at radius 2 is 1.29 bits per heavy atom. The third kappa shape index (κ3) is 6.98. The largest absolute Gasteiger partial charge is 0.304 e. The minimum absolute atomic E-state index is 0. The van der Waals surface area contributed by atoms with Crippen LogP contribution in [0, 0.1) is 12.1 Å². The molecule has 3 aromatic heterocycles. The van der Waals surface area contributed by atoms with Crippen LogP contribution < -0.4 is 5.19 Å². The van der Waals surface area contributed by atoms with Gasteiger partial charge in [0.2, 0.25) is 0 Å². The van der Waals surface area contributed by atoms with E-state index in [1.54, 1.807) is 5.19 Å². The van der Waals surface area contributed by atoms with Gasteiger partial charge in [-0.1, -0.05) is 95.2 Å². The van der Waals surface area contributed by atoms with E-state index in [1.165, 1.54) is 31.3 Å². The number of aromatic nitrogens is 2. The second-order valence-corrected chi connectivity index (χ2v) is 18.2. The van der Waals surface area contributed by atoms with E-state index in [2.05, 4.69) is 113 Å². The van der Waals surface area contributed by atoms with E-state index in [0.29, 0.717) is 11.8 Å². The van der Waals surface area contributed by atoms with Crippen LogP contribution in [0.4, 0.5) is 0 Å². The topological polar surface area (TPSA) is 25.8 Å². The fourth-order valence-electron chi connectivity index (χ4n) is 4.90. The normalized spacial score (nSPS) is 11.5. The summed E-state index contributed by atoms with van der Waals surface area (Å²) in [5.41, 5.74) is 6.72. The molecule has 0 fully saturated rings. The van der Waals surface area contributed by atoms with Crippen molar-refractivity contribution >= 4 is 44.8 Å². The van der Waals surface area contributed by atoms with Crippen LogP contribution in [-0.4, -0.2) is 18.0 Å². The van der Waals surface area contributed by atoms with E-state index in [9.17, 15) is 0 Å². The van der Waals surface area contributed by atoms with Gasteiger partial charge in [-0.2, -0.15) is 11.3 Å². The summed E-state index contributed by atoms with van der Waals surface area (Å²) in [5, 5.41) is 4.25. The number of hydrogen-bond acceptors (Lipinski definition) is 3. The Morgan fingerprint density at radius 1 is 0.643 bits per heavy atom. The smallest absolute Gasteiger partial charge is 0.0794 e. The molecule has 0 aliphatic carbocycles. The summed E-state index contributed by atoms with van der Waals surface area (Å²) in [6.07, 6.45) is 3.95. The molecule has 1 radical (unpaired) electrons. The maximum Gasteiger partial charge on any atom is 0.0794 e. The van der Waals surface area contributed by atoms with Crippen LogP contribution in [0.2, 0.25) is 19.6 Å². The number of pyridine rings is 2. The first kappa shape index (κ1) is 32.0. The molecule has 0 spiro atoms. The van der Waals surface area contributed by atoms with Crippen LogP contribution >= 0.6 is 11.3 Å². The summed E-state index contributed by atoms with van der Waals surface area (Å²) in [6.45, 7) is 16.0. The van der Waals surface area contributed by atoms with E-state index in [-0.39, 0.29) is 20.1 Å². The number of fused-ring (bicyclic) bond motifs is 3. The molecule has 0 aliphatic rings. The van der Waals surface area contributed by atoms with Crippen LogP contribution in [-0.2, 0) is 20.1 Å². The van der Waals surface area contributed by atoms with E-state index >= 15 is 0 Å². The summed E-state index contributed by atoms with van der Waals surface area (Å²) in [7, 11) is -1.39. The van der Waals surface area contributed by atoms with E-state index in [4.69, 9.17) is 4.98 Å². The fraction of sp³-hybridized carbons (Fsp3) is 0.243. The average Bonchev–Trinajstić information content (AvgIpc) is 3.36. The van der Waals surface area contributed by atoms with Gasteiger partial charge >= 0.3 is 0 Å².